The summed E-state index contributed by atoms with van der Waals surface area (Å²) in [6.07, 6.45) is 0. The second-order valence-corrected chi connectivity index (χ2v) is 12.6. The van der Waals surface area contributed by atoms with Gasteiger partial charge in [-0.15, -0.1) is 11.3 Å². The molecule has 210 valence electrons. The topological polar surface area (TPSA) is 31.0 Å². The van der Waals surface area contributed by atoms with E-state index >= 15 is 0 Å². The molecule has 7 aromatic carbocycles. The van der Waals surface area contributed by atoms with Crippen LogP contribution in [0, 0.1) is 0 Å². The number of fused-ring (bicyclic) bond motifs is 10. The lowest BCUT2D eigenvalue weighted by molar-refractivity contribution is 0.669. The predicted octanol–water partition coefficient (Wildman–Crippen LogP) is 11.8. The first-order valence-corrected chi connectivity index (χ1v) is 15.9. The van der Waals surface area contributed by atoms with Crippen LogP contribution in [0.2, 0.25) is 0 Å². The van der Waals surface area contributed by atoms with Crippen molar-refractivity contribution in [3.05, 3.63) is 146 Å². The van der Waals surface area contributed by atoms with E-state index in [0.29, 0.717) is 0 Å². The van der Waals surface area contributed by atoms with Crippen LogP contribution < -0.4 is 0 Å². The van der Waals surface area contributed by atoms with E-state index in [9.17, 15) is 0 Å². The number of thiazole rings is 1. The standard InChI is InChI=1S/C41H24N2OS/c1-2-8-30-27(7-1)19-23-35-38(30)31-9-3-5-11-34(31)43(35)29-20-17-26(18-21-29)25-13-15-28(16-14-25)41-42-33-22-24-37-39(40(33)45-41)32-10-4-6-12-36(32)44-37/h1-24H. The van der Waals surface area contributed by atoms with Crippen molar-refractivity contribution in [2.24, 2.45) is 0 Å². The fraction of sp³-hybridized carbons (Fsp3) is 0. The number of hydrogen-bond donors (Lipinski definition) is 0. The molecule has 4 heteroatoms. The molecule has 0 saturated carbocycles. The molecule has 0 aliphatic carbocycles. The Morgan fingerprint density at radius 2 is 1.18 bits per heavy atom. The lowest BCUT2D eigenvalue weighted by Gasteiger charge is -2.10. The zero-order valence-corrected chi connectivity index (χ0v) is 24.9. The first kappa shape index (κ1) is 24.7. The number of aromatic nitrogens is 2. The minimum Gasteiger partial charge on any atom is -0.456 e. The van der Waals surface area contributed by atoms with Gasteiger partial charge in [-0.25, -0.2) is 4.98 Å². The van der Waals surface area contributed by atoms with Gasteiger partial charge in [0.2, 0.25) is 0 Å². The second-order valence-electron chi connectivity index (χ2n) is 11.6. The molecular weight excluding hydrogens is 569 g/mol. The molecule has 0 amide bonds. The summed E-state index contributed by atoms with van der Waals surface area (Å²) in [5, 5.41) is 8.45. The number of para-hydroxylation sites is 2. The normalized spacial score (nSPS) is 12.0. The summed E-state index contributed by atoms with van der Waals surface area (Å²) >= 11 is 1.73. The lowest BCUT2D eigenvalue weighted by atomic mass is 10.0. The zero-order valence-electron chi connectivity index (χ0n) is 24.1. The van der Waals surface area contributed by atoms with E-state index in [1.54, 1.807) is 11.3 Å². The summed E-state index contributed by atoms with van der Waals surface area (Å²) in [6, 6.07) is 51.9. The van der Waals surface area contributed by atoms with Gasteiger partial charge in [0.25, 0.3) is 0 Å². The van der Waals surface area contributed by atoms with E-state index in [0.717, 1.165) is 43.7 Å². The van der Waals surface area contributed by atoms with Gasteiger partial charge in [-0.1, -0.05) is 103 Å². The molecule has 0 radical (unpaired) electrons. The summed E-state index contributed by atoms with van der Waals surface area (Å²) in [5.74, 6) is 0. The molecule has 45 heavy (non-hydrogen) atoms. The number of nitrogens with zero attached hydrogens (tertiary/aromatic N) is 2. The number of furan rings is 1. The van der Waals surface area contributed by atoms with Gasteiger partial charge in [-0.3, -0.25) is 0 Å². The molecule has 0 unspecified atom stereocenters. The quantitative estimate of drug-likeness (QED) is 0.204. The van der Waals surface area contributed by atoms with Crippen LogP contribution in [-0.4, -0.2) is 9.55 Å². The first-order chi connectivity index (χ1) is 22.3. The minimum absolute atomic E-state index is 0.909. The average Bonchev–Trinajstić information content (AvgIpc) is 3.80. The molecule has 10 rings (SSSR count). The molecule has 3 nitrogen and oxygen atoms in total. The Labute approximate surface area is 262 Å². The Morgan fingerprint density at radius 3 is 2.02 bits per heavy atom. The maximum absolute atomic E-state index is 6.11. The summed E-state index contributed by atoms with van der Waals surface area (Å²) in [5.41, 5.74) is 9.92. The maximum Gasteiger partial charge on any atom is 0.137 e. The highest BCUT2D eigenvalue weighted by Gasteiger charge is 2.16. The summed E-state index contributed by atoms with van der Waals surface area (Å²) < 4.78 is 9.67. The fourth-order valence-corrected chi connectivity index (χ4v) is 8.07. The second kappa shape index (κ2) is 9.39. The van der Waals surface area contributed by atoms with Crippen molar-refractivity contribution >= 4 is 76.1 Å². The summed E-state index contributed by atoms with van der Waals surface area (Å²) in [4.78, 5) is 5.00. The van der Waals surface area contributed by atoms with Gasteiger partial charge in [0, 0.05) is 32.8 Å². The van der Waals surface area contributed by atoms with Gasteiger partial charge < -0.3 is 8.98 Å². The van der Waals surface area contributed by atoms with Crippen molar-refractivity contribution < 1.29 is 4.42 Å². The van der Waals surface area contributed by atoms with Crippen LogP contribution in [-0.2, 0) is 0 Å². The largest absolute Gasteiger partial charge is 0.456 e. The van der Waals surface area contributed by atoms with E-state index in [1.165, 1.54) is 48.4 Å². The van der Waals surface area contributed by atoms with Crippen LogP contribution in [0.4, 0.5) is 0 Å². The van der Waals surface area contributed by atoms with Crippen LogP contribution in [0.1, 0.15) is 0 Å². The molecule has 0 N–H and O–H groups in total. The minimum atomic E-state index is 0.909. The zero-order chi connectivity index (χ0) is 29.5. The van der Waals surface area contributed by atoms with Crippen LogP contribution in [0.15, 0.2) is 150 Å². The Hall–Kier alpha value is -5.71. The molecule has 0 aliphatic heterocycles. The smallest absolute Gasteiger partial charge is 0.137 e. The molecule has 0 fully saturated rings. The molecule has 3 aromatic heterocycles. The van der Waals surface area contributed by atoms with Gasteiger partial charge in [0.1, 0.15) is 16.2 Å². The Balaban J connectivity index is 1.02. The molecule has 3 heterocycles. The lowest BCUT2D eigenvalue weighted by Crippen LogP contribution is -1.93. The Kier molecular flexibility index (Phi) is 5.16. The third-order valence-corrected chi connectivity index (χ3v) is 10.2. The van der Waals surface area contributed by atoms with E-state index in [-0.39, 0.29) is 0 Å². The first-order valence-electron chi connectivity index (χ1n) is 15.1. The Bertz CT molecular complexity index is 2750. The van der Waals surface area contributed by atoms with E-state index < -0.39 is 0 Å². The van der Waals surface area contributed by atoms with Gasteiger partial charge in [0.15, 0.2) is 0 Å². The van der Waals surface area contributed by atoms with Gasteiger partial charge in [-0.2, -0.15) is 0 Å². The molecular formula is C41H24N2OS. The van der Waals surface area contributed by atoms with Crippen molar-refractivity contribution in [3.63, 3.8) is 0 Å². The van der Waals surface area contributed by atoms with Crippen molar-refractivity contribution in [2.45, 2.75) is 0 Å². The van der Waals surface area contributed by atoms with Gasteiger partial charge >= 0.3 is 0 Å². The van der Waals surface area contributed by atoms with E-state index in [2.05, 4.69) is 132 Å². The predicted molar refractivity (Wildman–Crippen MR) is 190 cm³/mol. The molecule has 10 aromatic rings. The SMILES string of the molecule is c1ccc2c(c1)ccc1c2c2ccccc2n1-c1ccc(-c2ccc(-c3nc4ccc5oc6ccccc6c5c4s3)cc2)cc1. The maximum atomic E-state index is 6.11. The molecule has 0 aliphatic rings. The van der Waals surface area contributed by atoms with Crippen LogP contribution >= 0.6 is 11.3 Å². The monoisotopic (exact) mass is 592 g/mol. The fourth-order valence-electron chi connectivity index (χ4n) is 6.94. The molecule has 0 atom stereocenters. The molecule has 0 saturated heterocycles. The van der Waals surface area contributed by atoms with E-state index in [4.69, 9.17) is 9.40 Å². The van der Waals surface area contributed by atoms with Crippen molar-refractivity contribution in [2.75, 3.05) is 0 Å². The van der Waals surface area contributed by atoms with Gasteiger partial charge in [-0.05, 0) is 64.4 Å². The third-order valence-electron chi connectivity index (χ3n) is 9.05. The van der Waals surface area contributed by atoms with Crippen molar-refractivity contribution in [3.8, 4) is 27.4 Å². The third kappa shape index (κ3) is 3.67. The van der Waals surface area contributed by atoms with Crippen LogP contribution in [0.5, 0.6) is 0 Å². The summed E-state index contributed by atoms with van der Waals surface area (Å²) in [7, 11) is 0. The Morgan fingerprint density at radius 1 is 0.489 bits per heavy atom. The molecule has 0 spiro atoms. The van der Waals surface area contributed by atoms with Crippen LogP contribution in [0.25, 0.3) is 92.1 Å². The highest BCUT2D eigenvalue weighted by molar-refractivity contribution is 7.22. The highest BCUT2D eigenvalue weighted by atomic mass is 32.1. The van der Waals surface area contributed by atoms with Crippen molar-refractivity contribution in [1.82, 2.24) is 9.55 Å². The van der Waals surface area contributed by atoms with Crippen LogP contribution in [0.3, 0.4) is 0 Å². The number of benzene rings is 7. The summed E-state index contributed by atoms with van der Waals surface area (Å²) in [6.45, 7) is 0. The average molecular weight is 593 g/mol. The number of hydrogen-bond acceptors (Lipinski definition) is 3. The van der Waals surface area contributed by atoms with Gasteiger partial charge in [0.05, 0.1) is 21.3 Å². The highest BCUT2D eigenvalue weighted by Crippen LogP contribution is 2.41. The molecule has 0 bridgehead atoms. The van der Waals surface area contributed by atoms with E-state index in [1.807, 2.05) is 18.2 Å². The number of rotatable bonds is 3. The van der Waals surface area contributed by atoms with Crippen molar-refractivity contribution in [1.29, 1.82) is 0 Å².